The largest absolute Gasteiger partial charge is 0.264 e. The molecular formula is C7H16OP+. The monoisotopic (exact) mass is 147 g/mol. The van der Waals surface area contributed by atoms with Crippen molar-refractivity contribution in [2.24, 2.45) is 0 Å². The van der Waals surface area contributed by atoms with Gasteiger partial charge < -0.3 is 0 Å². The summed E-state index contributed by atoms with van der Waals surface area (Å²) >= 11 is 0. The molecule has 0 spiro atoms. The van der Waals surface area contributed by atoms with Crippen LogP contribution in [0.15, 0.2) is 0 Å². The summed E-state index contributed by atoms with van der Waals surface area (Å²) in [4.78, 5) is 11.0. The normalized spacial score (nSPS) is 11.6. The first-order chi connectivity index (χ1) is 4.06. The van der Waals surface area contributed by atoms with Crippen LogP contribution in [0.5, 0.6) is 0 Å². The van der Waals surface area contributed by atoms with Gasteiger partial charge in [-0.05, 0) is 13.8 Å². The molecule has 0 aromatic carbocycles. The average molecular weight is 147 g/mol. The minimum atomic E-state index is -1.14. The van der Waals surface area contributed by atoms with Crippen molar-refractivity contribution in [1.82, 2.24) is 0 Å². The molecule has 0 aliphatic rings. The fraction of sp³-hybridized carbons (Fsp3) is 0.857. The molecule has 9 heavy (non-hydrogen) atoms. The van der Waals surface area contributed by atoms with E-state index in [1.54, 1.807) is 6.92 Å². The number of hydrogen-bond acceptors (Lipinski definition) is 1. The Morgan fingerprint density at radius 3 is 1.67 bits per heavy atom. The van der Waals surface area contributed by atoms with E-state index in [9.17, 15) is 4.79 Å². The zero-order valence-corrected chi connectivity index (χ0v) is 7.66. The maximum Gasteiger partial charge on any atom is 0.264 e. The molecule has 0 radical (unpaired) electrons. The second-order valence-corrected chi connectivity index (χ2v) is 7.23. The molecule has 0 aliphatic carbocycles. The third-order valence-electron chi connectivity index (χ3n) is 2.16. The Bertz CT molecular complexity index is 105. The Kier molecular flexibility index (Phi) is 3.35. The van der Waals surface area contributed by atoms with Crippen LogP contribution in [0, 0.1) is 0 Å². The fourth-order valence-corrected chi connectivity index (χ4v) is 2.01. The third kappa shape index (κ3) is 2.06. The van der Waals surface area contributed by atoms with Gasteiger partial charge in [-0.3, -0.25) is 4.79 Å². The van der Waals surface area contributed by atoms with Crippen molar-refractivity contribution in [2.45, 2.75) is 20.8 Å². The van der Waals surface area contributed by atoms with Gasteiger partial charge in [-0.15, -0.1) is 0 Å². The summed E-state index contributed by atoms with van der Waals surface area (Å²) in [6.45, 7) is 8.08. The molecule has 2 heteroatoms. The molecule has 0 bridgehead atoms. The summed E-state index contributed by atoms with van der Waals surface area (Å²) in [6.07, 6.45) is 2.14. The fourth-order valence-electron chi connectivity index (χ4n) is 0.669. The van der Waals surface area contributed by atoms with E-state index in [1.165, 1.54) is 0 Å². The van der Waals surface area contributed by atoms with Crippen LogP contribution in [-0.4, -0.2) is 24.5 Å². The third-order valence-corrected chi connectivity index (χ3v) is 6.47. The van der Waals surface area contributed by atoms with Crippen molar-refractivity contribution in [2.75, 3.05) is 19.0 Å². The van der Waals surface area contributed by atoms with Crippen LogP contribution in [0.25, 0.3) is 0 Å². The molecule has 0 saturated heterocycles. The molecule has 54 valence electrons. The van der Waals surface area contributed by atoms with Crippen molar-refractivity contribution in [3.05, 3.63) is 0 Å². The predicted molar refractivity (Wildman–Crippen MR) is 44.6 cm³/mol. The van der Waals surface area contributed by atoms with Gasteiger partial charge in [0.15, 0.2) is 0 Å². The Morgan fingerprint density at radius 1 is 1.33 bits per heavy atom. The Labute approximate surface area is 58.2 Å². The standard InChI is InChI=1S/C7H16OP/c1-5-9(4,6-2)7(3)8/h5-6H2,1-4H3/q+1. The summed E-state index contributed by atoms with van der Waals surface area (Å²) in [7, 11) is -1.14. The lowest BCUT2D eigenvalue weighted by Crippen LogP contribution is -2.05. The SMILES string of the molecule is CC[P+](C)(CC)C(C)=O. The summed E-state index contributed by atoms with van der Waals surface area (Å²) in [6, 6.07) is 0. The number of hydrogen-bond donors (Lipinski definition) is 0. The van der Waals surface area contributed by atoms with E-state index in [4.69, 9.17) is 0 Å². The highest BCUT2D eigenvalue weighted by Gasteiger charge is 2.32. The second kappa shape index (κ2) is 3.31. The van der Waals surface area contributed by atoms with E-state index in [0.717, 1.165) is 12.3 Å². The smallest absolute Gasteiger partial charge is 0.254 e. The summed E-state index contributed by atoms with van der Waals surface area (Å²) < 4.78 is 0. The van der Waals surface area contributed by atoms with E-state index in [1.807, 2.05) is 0 Å². The molecule has 0 saturated carbocycles. The molecule has 0 aliphatic heterocycles. The van der Waals surface area contributed by atoms with Crippen molar-refractivity contribution >= 4 is 12.8 Å². The maximum atomic E-state index is 11.0. The summed E-state index contributed by atoms with van der Waals surface area (Å²) in [5.41, 5.74) is 0.424. The van der Waals surface area contributed by atoms with E-state index in [-0.39, 0.29) is 0 Å². The van der Waals surface area contributed by atoms with Crippen molar-refractivity contribution in [3.8, 4) is 0 Å². The van der Waals surface area contributed by atoms with E-state index >= 15 is 0 Å². The van der Waals surface area contributed by atoms with Crippen LogP contribution in [0.2, 0.25) is 0 Å². The highest BCUT2D eigenvalue weighted by atomic mass is 31.2. The van der Waals surface area contributed by atoms with Gasteiger partial charge in [0.25, 0.3) is 5.52 Å². The molecule has 0 atom stereocenters. The van der Waals surface area contributed by atoms with Gasteiger partial charge in [0.1, 0.15) is 0 Å². The molecule has 0 amide bonds. The first-order valence-electron chi connectivity index (χ1n) is 3.42. The van der Waals surface area contributed by atoms with Crippen molar-refractivity contribution in [1.29, 1.82) is 0 Å². The van der Waals surface area contributed by atoms with Crippen LogP contribution in [0.1, 0.15) is 20.8 Å². The van der Waals surface area contributed by atoms with Crippen LogP contribution >= 0.6 is 7.26 Å². The molecule has 0 rings (SSSR count). The molecule has 0 N–H and O–H groups in total. The van der Waals surface area contributed by atoms with E-state index in [0.29, 0.717) is 5.52 Å². The first kappa shape index (κ1) is 9.10. The summed E-state index contributed by atoms with van der Waals surface area (Å²) in [5.74, 6) is 0. The molecule has 0 unspecified atom stereocenters. The van der Waals surface area contributed by atoms with E-state index < -0.39 is 7.26 Å². The van der Waals surface area contributed by atoms with Gasteiger partial charge in [-0.1, -0.05) is 0 Å². The van der Waals surface area contributed by atoms with Gasteiger partial charge in [-0.2, -0.15) is 0 Å². The predicted octanol–water partition coefficient (Wildman–Crippen LogP) is 2.22. The summed E-state index contributed by atoms with van der Waals surface area (Å²) in [5, 5.41) is 0. The van der Waals surface area contributed by atoms with Crippen molar-refractivity contribution < 1.29 is 4.79 Å². The second-order valence-electron chi connectivity index (χ2n) is 2.55. The molecule has 1 nitrogen and oxygen atoms in total. The first-order valence-corrected chi connectivity index (χ1v) is 6.03. The molecule has 0 aromatic rings. The van der Waals surface area contributed by atoms with Crippen LogP contribution in [0.4, 0.5) is 0 Å². The zero-order chi connectivity index (χ0) is 7.49. The average Bonchev–Trinajstić information content (AvgIpc) is 1.86. The number of carbonyl (C=O) groups is 1. The highest BCUT2D eigenvalue weighted by molar-refractivity contribution is 7.90. The Hall–Kier alpha value is 0.100. The van der Waals surface area contributed by atoms with Gasteiger partial charge in [0.2, 0.25) is 0 Å². The Balaban J connectivity index is 4.09. The minimum Gasteiger partial charge on any atom is -0.254 e. The highest BCUT2D eigenvalue weighted by Crippen LogP contribution is 2.54. The minimum absolute atomic E-state index is 0.424. The number of carbonyl (C=O) groups excluding carboxylic acids is 1. The van der Waals surface area contributed by atoms with Gasteiger partial charge in [-0.25, -0.2) is 0 Å². The lowest BCUT2D eigenvalue weighted by atomic mass is 10.9. The van der Waals surface area contributed by atoms with E-state index in [2.05, 4.69) is 20.5 Å². The quantitative estimate of drug-likeness (QED) is 0.559. The van der Waals surface area contributed by atoms with Gasteiger partial charge in [0.05, 0.1) is 26.3 Å². The van der Waals surface area contributed by atoms with Gasteiger partial charge in [0, 0.05) is 6.92 Å². The van der Waals surface area contributed by atoms with Crippen LogP contribution in [0.3, 0.4) is 0 Å². The Morgan fingerprint density at radius 2 is 1.67 bits per heavy atom. The number of rotatable bonds is 3. The van der Waals surface area contributed by atoms with Crippen LogP contribution < -0.4 is 0 Å². The molecule has 0 aromatic heterocycles. The molecule has 0 fully saturated rings. The van der Waals surface area contributed by atoms with Crippen LogP contribution in [-0.2, 0) is 4.79 Å². The lowest BCUT2D eigenvalue weighted by molar-refractivity contribution is -0.109. The molecular weight excluding hydrogens is 131 g/mol. The zero-order valence-electron chi connectivity index (χ0n) is 6.77. The topological polar surface area (TPSA) is 17.1 Å². The van der Waals surface area contributed by atoms with Gasteiger partial charge >= 0.3 is 0 Å². The molecule has 0 heterocycles. The maximum absolute atomic E-state index is 11.0. The van der Waals surface area contributed by atoms with Crippen molar-refractivity contribution in [3.63, 3.8) is 0 Å². The lowest BCUT2D eigenvalue weighted by Gasteiger charge is -2.13.